The normalized spacial score (nSPS) is 12.4. The zero-order valence-electron chi connectivity index (χ0n) is 14.6. The van der Waals surface area contributed by atoms with Crippen LogP contribution in [-0.4, -0.2) is 14.4 Å². The second-order valence-electron chi connectivity index (χ2n) is 5.91. The van der Waals surface area contributed by atoms with Crippen molar-refractivity contribution in [2.45, 2.75) is 38.7 Å². The molecule has 0 N–H and O–H groups in total. The molecule has 0 aliphatic heterocycles. The van der Waals surface area contributed by atoms with Crippen molar-refractivity contribution in [3.05, 3.63) is 59.7 Å². The summed E-state index contributed by atoms with van der Waals surface area (Å²) < 4.78 is 34.8. The summed E-state index contributed by atoms with van der Waals surface area (Å²) in [5.74, 6) is -0.176. The van der Waals surface area contributed by atoms with Gasteiger partial charge in [0.2, 0.25) is 0 Å². The van der Waals surface area contributed by atoms with Crippen molar-refractivity contribution in [2.24, 2.45) is 5.92 Å². The molecule has 0 bridgehead atoms. The number of aryl methyl sites for hydroxylation is 1. The monoisotopic (exact) mass is 362 g/mol. The molecule has 2 rings (SSSR count). The van der Waals surface area contributed by atoms with Gasteiger partial charge in [-0.3, -0.25) is 4.79 Å². The summed E-state index contributed by atoms with van der Waals surface area (Å²) >= 11 is 0. The topological polar surface area (TPSA) is 69.7 Å². The third-order valence-corrected chi connectivity index (χ3v) is 5.10. The lowest BCUT2D eigenvalue weighted by Crippen LogP contribution is -2.13. The van der Waals surface area contributed by atoms with Crippen molar-refractivity contribution < 1.29 is 22.1 Å². The third kappa shape index (κ3) is 5.32. The molecule has 0 aromatic heterocycles. The number of esters is 1. The quantitative estimate of drug-likeness (QED) is 0.553. The summed E-state index contributed by atoms with van der Waals surface area (Å²) in [4.78, 5) is 11.8. The lowest BCUT2D eigenvalue weighted by molar-refractivity contribution is -0.149. The van der Waals surface area contributed by atoms with Gasteiger partial charge in [0.25, 0.3) is 0 Å². The van der Waals surface area contributed by atoms with E-state index < -0.39 is 10.1 Å². The van der Waals surface area contributed by atoms with Gasteiger partial charge in [0.05, 0.1) is 5.92 Å². The number of hydrogen-bond acceptors (Lipinski definition) is 5. The minimum Gasteiger partial charge on any atom is -0.461 e. The van der Waals surface area contributed by atoms with Crippen molar-refractivity contribution in [2.75, 3.05) is 0 Å². The van der Waals surface area contributed by atoms with Crippen molar-refractivity contribution >= 4 is 16.1 Å². The van der Waals surface area contributed by atoms with Gasteiger partial charge in [0.1, 0.15) is 17.3 Å². The summed E-state index contributed by atoms with van der Waals surface area (Å²) in [7, 11) is -3.87. The van der Waals surface area contributed by atoms with E-state index in [-0.39, 0.29) is 29.1 Å². The first kappa shape index (κ1) is 19.0. The maximum Gasteiger partial charge on any atom is 0.339 e. The number of rotatable bonds is 7. The largest absolute Gasteiger partial charge is 0.461 e. The Hall–Kier alpha value is -2.34. The molecule has 0 aliphatic rings. The molecule has 1 atom stereocenters. The Bertz CT molecular complexity index is 808. The lowest BCUT2D eigenvalue weighted by Gasteiger charge is -2.10. The van der Waals surface area contributed by atoms with E-state index in [9.17, 15) is 13.2 Å². The molecule has 0 spiro atoms. The second-order valence-corrected chi connectivity index (χ2v) is 7.46. The molecule has 25 heavy (non-hydrogen) atoms. The minimum absolute atomic E-state index is 0.102. The van der Waals surface area contributed by atoms with Gasteiger partial charge in [-0.25, -0.2) is 0 Å². The fourth-order valence-electron chi connectivity index (χ4n) is 1.98. The fraction of sp³-hybridized carbons (Fsp3) is 0.316. The number of benzene rings is 2. The molecular weight excluding hydrogens is 340 g/mol. The van der Waals surface area contributed by atoms with E-state index in [1.54, 1.807) is 24.3 Å². The standard InChI is InChI=1S/C19H22O5S/c1-4-15(3)19(20)23-13-16-7-9-17(10-8-16)24-25(21,22)18-11-5-14(2)6-12-18/h5-12,15H,4,13H2,1-3H3. The van der Waals surface area contributed by atoms with Gasteiger partial charge in [-0.05, 0) is 43.2 Å². The van der Waals surface area contributed by atoms with Gasteiger partial charge < -0.3 is 8.92 Å². The number of ether oxygens (including phenoxy) is 1. The second kappa shape index (κ2) is 8.16. The van der Waals surface area contributed by atoms with Crippen LogP contribution in [0.25, 0.3) is 0 Å². The van der Waals surface area contributed by atoms with Crippen LogP contribution in [0.2, 0.25) is 0 Å². The van der Waals surface area contributed by atoms with Gasteiger partial charge >= 0.3 is 16.1 Å². The summed E-state index contributed by atoms with van der Waals surface area (Å²) in [6.45, 7) is 5.76. The Balaban J connectivity index is 2.00. The highest BCUT2D eigenvalue weighted by Gasteiger charge is 2.16. The van der Waals surface area contributed by atoms with Crippen LogP contribution < -0.4 is 4.18 Å². The molecule has 6 heteroatoms. The highest BCUT2D eigenvalue weighted by Crippen LogP contribution is 2.20. The molecule has 0 aliphatic carbocycles. The van der Waals surface area contributed by atoms with E-state index in [4.69, 9.17) is 8.92 Å². The average molecular weight is 362 g/mol. The summed E-state index contributed by atoms with van der Waals surface area (Å²) in [6, 6.07) is 12.9. The molecule has 0 radical (unpaired) electrons. The number of hydrogen-bond donors (Lipinski definition) is 0. The van der Waals surface area contributed by atoms with E-state index in [2.05, 4.69) is 0 Å². The fourth-order valence-corrected chi connectivity index (χ4v) is 2.91. The Kier molecular flexibility index (Phi) is 6.20. The van der Waals surface area contributed by atoms with E-state index in [1.807, 2.05) is 20.8 Å². The van der Waals surface area contributed by atoms with Gasteiger partial charge in [0.15, 0.2) is 0 Å². The molecule has 2 aromatic rings. The molecule has 0 fully saturated rings. The van der Waals surface area contributed by atoms with Crippen molar-refractivity contribution in [1.29, 1.82) is 0 Å². The smallest absolute Gasteiger partial charge is 0.339 e. The first-order valence-corrected chi connectivity index (χ1v) is 9.49. The number of carbonyl (C=O) groups excluding carboxylic acids is 1. The van der Waals surface area contributed by atoms with Crippen LogP contribution in [0.3, 0.4) is 0 Å². The van der Waals surface area contributed by atoms with Crippen LogP contribution in [0.5, 0.6) is 5.75 Å². The first-order chi connectivity index (χ1) is 11.8. The molecule has 1 unspecified atom stereocenters. The maximum atomic E-state index is 12.2. The SMILES string of the molecule is CCC(C)C(=O)OCc1ccc(OS(=O)(=O)c2ccc(C)cc2)cc1. The van der Waals surface area contributed by atoms with E-state index in [0.717, 1.165) is 17.5 Å². The van der Waals surface area contributed by atoms with Gasteiger partial charge in [0, 0.05) is 0 Å². The van der Waals surface area contributed by atoms with Crippen LogP contribution in [0, 0.1) is 12.8 Å². The Labute approximate surface area is 148 Å². The summed E-state index contributed by atoms with van der Waals surface area (Å²) in [5.41, 5.74) is 1.73. The van der Waals surface area contributed by atoms with Crippen LogP contribution in [0.4, 0.5) is 0 Å². The predicted octanol–water partition coefficient (Wildman–Crippen LogP) is 3.85. The van der Waals surface area contributed by atoms with Gasteiger partial charge in [-0.15, -0.1) is 0 Å². The molecule has 0 heterocycles. The molecule has 5 nitrogen and oxygen atoms in total. The summed E-state index contributed by atoms with van der Waals surface area (Å²) in [6.07, 6.45) is 0.725. The molecule has 0 saturated carbocycles. The zero-order valence-corrected chi connectivity index (χ0v) is 15.4. The summed E-state index contributed by atoms with van der Waals surface area (Å²) in [5, 5.41) is 0. The van der Waals surface area contributed by atoms with Crippen LogP contribution in [-0.2, 0) is 26.3 Å². The lowest BCUT2D eigenvalue weighted by atomic mass is 10.1. The van der Waals surface area contributed by atoms with Crippen LogP contribution >= 0.6 is 0 Å². The highest BCUT2D eigenvalue weighted by atomic mass is 32.2. The molecule has 2 aromatic carbocycles. The predicted molar refractivity (Wildman–Crippen MR) is 94.7 cm³/mol. The van der Waals surface area contributed by atoms with Crippen molar-refractivity contribution in [1.82, 2.24) is 0 Å². The Morgan fingerprint density at radius 3 is 2.20 bits per heavy atom. The van der Waals surface area contributed by atoms with Gasteiger partial charge in [-0.1, -0.05) is 43.7 Å². The van der Waals surface area contributed by atoms with Gasteiger partial charge in [-0.2, -0.15) is 8.42 Å². The molecule has 0 amide bonds. The van der Waals surface area contributed by atoms with E-state index in [1.165, 1.54) is 24.3 Å². The van der Waals surface area contributed by atoms with E-state index in [0.29, 0.717) is 0 Å². The molecular formula is C19H22O5S. The average Bonchev–Trinajstić information content (AvgIpc) is 2.60. The van der Waals surface area contributed by atoms with Crippen molar-refractivity contribution in [3.63, 3.8) is 0 Å². The Morgan fingerprint density at radius 1 is 1.04 bits per heavy atom. The zero-order chi connectivity index (χ0) is 18.4. The van der Waals surface area contributed by atoms with Crippen LogP contribution in [0.1, 0.15) is 31.4 Å². The van der Waals surface area contributed by atoms with E-state index >= 15 is 0 Å². The first-order valence-electron chi connectivity index (χ1n) is 8.08. The maximum absolute atomic E-state index is 12.2. The third-order valence-electron chi connectivity index (χ3n) is 3.83. The van der Waals surface area contributed by atoms with Crippen molar-refractivity contribution in [3.8, 4) is 5.75 Å². The number of carbonyl (C=O) groups is 1. The Morgan fingerprint density at radius 2 is 1.64 bits per heavy atom. The molecule has 134 valence electrons. The minimum atomic E-state index is -3.87. The highest BCUT2D eigenvalue weighted by molar-refractivity contribution is 7.87. The van der Waals surface area contributed by atoms with Crippen LogP contribution in [0.15, 0.2) is 53.4 Å². The molecule has 0 saturated heterocycles.